The number of ether oxygens (including phenoxy) is 2. The van der Waals surface area contributed by atoms with Gasteiger partial charge < -0.3 is 30.3 Å². The van der Waals surface area contributed by atoms with Crippen LogP contribution in [0, 0.1) is 0 Å². The molecule has 0 aliphatic carbocycles. The van der Waals surface area contributed by atoms with Gasteiger partial charge >= 0.3 is 0 Å². The minimum atomic E-state index is 0.587. The Balaban J connectivity index is 0.000000160. The number of morpholine rings is 2. The number of anilines is 2. The quantitative estimate of drug-likeness (QED) is 0.126. The molecule has 4 aromatic rings. The van der Waals surface area contributed by atoms with Crippen molar-refractivity contribution in [3.8, 4) is 0 Å². The number of nitrogens with one attached hydrogen (secondary N) is 3. The van der Waals surface area contributed by atoms with Gasteiger partial charge in [0, 0.05) is 92.6 Å². The number of hydrogen-bond acceptors (Lipinski definition) is 13. The van der Waals surface area contributed by atoms with E-state index in [-0.39, 0.29) is 0 Å². The van der Waals surface area contributed by atoms with Gasteiger partial charge in [0.1, 0.15) is 11.6 Å². The number of aldehydes is 1. The highest BCUT2D eigenvalue weighted by Crippen LogP contribution is 2.29. The SMILES string of the molecule is Clc1ccc(CNc2cc(C3CCN(CCN4CCOCC4)CC3)[nH]n2)s1.Nc1cc(C2CCN(CCN3CCOCC3)CC2)[nH]n1.O=Cc1ccc(Cl)s1. The average Bonchev–Trinajstić information content (AvgIpc) is 4.06. The number of nitrogens with zero attached hydrogens (tertiary/aromatic N) is 6. The number of aromatic nitrogens is 4. The average molecular weight is 836 g/mol. The summed E-state index contributed by atoms with van der Waals surface area (Å²) in [6.45, 7) is 18.0. The largest absolute Gasteiger partial charge is 0.382 e. The van der Waals surface area contributed by atoms with Crippen LogP contribution in [0.5, 0.6) is 0 Å². The minimum Gasteiger partial charge on any atom is -0.382 e. The predicted octanol–water partition coefficient (Wildman–Crippen LogP) is 5.97. The standard InChI is InChI=1S/C19H28ClN5OS.C14H25N5O.C5H3ClOS/c20-18-2-1-16(27-18)14-21-19-13-17(22-23-19)15-3-5-24(6-4-15)7-8-25-9-11-26-12-10-25;15-14-11-13(16-17-14)12-1-3-18(4-2-12)5-6-19-7-9-20-10-8-19;6-5-2-1-4(3-7)8-5/h1-2,13,15H,3-12,14H2,(H2,21,22,23);11-12H,1-10H2,(H3,15,16,17);1-3H. The van der Waals surface area contributed by atoms with Gasteiger partial charge in [-0.05, 0) is 76.1 Å². The molecule has 4 aliphatic heterocycles. The van der Waals surface area contributed by atoms with Crippen molar-refractivity contribution in [1.82, 2.24) is 40.0 Å². The molecule has 4 aliphatic rings. The Bertz CT molecular complexity index is 1670. The number of piperidine rings is 2. The highest BCUT2D eigenvalue weighted by Gasteiger charge is 2.24. The number of nitrogens with two attached hydrogens (primary N) is 1. The number of carbonyl (C=O) groups is 1. The Hall–Kier alpha value is -2.57. The molecule has 4 fully saturated rings. The second-order valence-corrected chi connectivity index (χ2v) is 18.0. The van der Waals surface area contributed by atoms with E-state index < -0.39 is 0 Å². The molecule has 4 saturated heterocycles. The second-order valence-electron chi connectivity index (χ2n) is 14.4. The van der Waals surface area contributed by atoms with Gasteiger partial charge in [0.25, 0.3) is 0 Å². The first-order valence-electron chi connectivity index (χ1n) is 19.5. The molecule has 0 atom stereocenters. The summed E-state index contributed by atoms with van der Waals surface area (Å²) in [4.78, 5) is 22.1. The molecule has 17 heteroatoms. The van der Waals surface area contributed by atoms with Crippen LogP contribution in [0.15, 0.2) is 36.4 Å². The van der Waals surface area contributed by atoms with Crippen LogP contribution in [-0.2, 0) is 16.0 Å². The van der Waals surface area contributed by atoms with E-state index in [4.69, 9.17) is 38.4 Å². The number of carbonyl (C=O) groups excluding carboxylic acids is 1. The van der Waals surface area contributed by atoms with Crippen molar-refractivity contribution < 1.29 is 14.3 Å². The van der Waals surface area contributed by atoms with E-state index in [0.717, 1.165) is 75.6 Å². The lowest BCUT2D eigenvalue weighted by Crippen LogP contribution is -2.43. The molecule has 8 rings (SSSR count). The normalized spacial score (nSPS) is 19.7. The lowest BCUT2D eigenvalue weighted by molar-refractivity contribution is 0.0320. The summed E-state index contributed by atoms with van der Waals surface area (Å²) in [7, 11) is 0. The van der Waals surface area contributed by atoms with Crippen molar-refractivity contribution in [3.05, 3.63) is 66.2 Å². The third-order valence-electron chi connectivity index (χ3n) is 10.7. The first-order chi connectivity index (χ1) is 26.9. The maximum atomic E-state index is 9.97. The minimum absolute atomic E-state index is 0.587. The molecule has 8 heterocycles. The van der Waals surface area contributed by atoms with Crippen molar-refractivity contribution in [2.45, 2.75) is 44.1 Å². The van der Waals surface area contributed by atoms with E-state index in [9.17, 15) is 4.79 Å². The summed E-state index contributed by atoms with van der Waals surface area (Å²) in [5, 5.41) is 18.1. The Labute approximate surface area is 342 Å². The molecule has 0 saturated carbocycles. The fraction of sp³-hybridized carbons (Fsp3) is 0.605. The summed E-state index contributed by atoms with van der Waals surface area (Å²) in [5.41, 5.74) is 8.14. The van der Waals surface area contributed by atoms with E-state index >= 15 is 0 Å². The lowest BCUT2D eigenvalue weighted by atomic mass is 9.93. The molecule has 0 unspecified atom stereocenters. The van der Waals surface area contributed by atoms with E-state index in [0.29, 0.717) is 26.9 Å². The molecule has 55 heavy (non-hydrogen) atoms. The smallest absolute Gasteiger partial charge is 0.160 e. The predicted molar refractivity (Wildman–Crippen MR) is 224 cm³/mol. The number of aromatic amines is 2. The fourth-order valence-electron chi connectivity index (χ4n) is 7.36. The Morgan fingerprint density at radius 3 is 1.64 bits per heavy atom. The number of likely N-dealkylation sites (tertiary alicyclic amines) is 2. The maximum Gasteiger partial charge on any atom is 0.160 e. The van der Waals surface area contributed by atoms with Crippen molar-refractivity contribution >= 4 is 63.8 Å². The molecule has 4 aromatic heterocycles. The van der Waals surface area contributed by atoms with Crippen molar-refractivity contribution in [3.63, 3.8) is 0 Å². The lowest BCUT2D eigenvalue weighted by Gasteiger charge is -2.34. The first kappa shape index (κ1) is 42.0. The van der Waals surface area contributed by atoms with Crippen LogP contribution in [0.25, 0.3) is 0 Å². The highest BCUT2D eigenvalue weighted by atomic mass is 35.5. The Kier molecular flexibility index (Phi) is 17.1. The van der Waals surface area contributed by atoms with Crippen LogP contribution in [-0.4, -0.2) is 151 Å². The number of H-pyrrole nitrogens is 2. The number of nitrogen functional groups attached to an aromatic ring is 1. The summed E-state index contributed by atoms with van der Waals surface area (Å²) in [5.74, 6) is 2.71. The van der Waals surface area contributed by atoms with Crippen LogP contribution in [0.1, 0.15) is 63.5 Å². The van der Waals surface area contributed by atoms with E-state index in [1.165, 1.54) is 106 Å². The molecule has 0 radical (unpaired) electrons. The monoisotopic (exact) mass is 834 g/mol. The van der Waals surface area contributed by atoms with Crippen LogP contribution in [0.3, 0.4) is 0 Å². The molecule has 302 valence electrons. The zero-order valence-electron chi connectivity index (χ0n) is 31.6. The summed E-state index contributed by atoms with van der Waals surface area (Å²) < 4.78 is 12.3. The maximum absolute atomic E-state index is 9.97. The van der Waals surface area contributed by atoms with Gasteiger partial charge in [-0.25, -0.2) is 0 Å². The van der Waals surface area contributed by atoms with Gasteiger partial charge in [-0.15, -0.1) is 22.7 Å². The van der Waals surface area contributed by atoms with Crippen LogP contribution < -0.4 is 11.1 Å². The molecule has 0 amide bonds. The number of rotatable bonds is 12. The number of thiophene rings is 2. The van der Waals surface area contributed by atoms with Crippen LogP contribution >= 0.6 is 45.9 Å². The van der Waals surface area contributed by atoms with Gasteiger partial charge in [0.15, 0.2) is 6.29 Å². The van der Waals surface area contributed by atoms with E-state index in [1.54, 1.807) is 23.5 Å². The van der Waals surface area contributed by atoms with Crippen LogP contribution in [0.4, 0.5) is 11.6 Å². The van der Waals surface area contributed by atoms with Crippen molar-refractivity contribution in [2.75, 3.05) is 116 Å². The first-order valence-corrected chi connectivity index (χ1v) is 21.9. The van der Waals surface area contributed by atoms with Gasteiger partial charge in [-0.1, -0.05) is 23.2 Å². The van der Waals surface area contributed by atoms with Gasteiger partial charge in [-0.2, -0.15) is 10.2 Å². The zero-order chi connectivity index (χ0) is 38.2. The van der Waals surface area contributed by atoms with E-state index in [1.807, 2.05) is 12.1 Å². The second kappa shape index (κ2) is 22.4. The number of halogens is 2. The van der Waals surface area contributed by atoms with Gasteiger partial charge in [-0.3, -0.25) is 24.8 Å². The third kappa shape index (κ3) is 14.1. The molecule has 5 N–H and O–H groups in total. The van der Waals surface area contributed by atoms with Gasteiger partial charge in [0.2, 0.25) is 0 Å². The zero-order valence-corrected chi connectivity index (χ0v) is 34.7. The van der Waals surface area contributed by atoms with Gasteiger partial charge in [0.05, 0.1) is 46.5 Å². The summed E-state index contributed by atoms with van der Waals surface area (Å²) >= 11 is 14.4. The highest BCUT2D eigenvalue weighted by molar-refractivity contribution is 7.17. The molecular weight excluding hydrogens is 780 g/mol. The van der Waals surface area contributed by atoms with Crippen molar-refractivity contribution in [1.29, 1.82) is 0 Å². The van der Waals surface area contributed by atoms with Crippen LogP contribution in [0.2, 0.25) is 8.67 Å². The molecular formula is C38H56Cl2N10O3S2. The molecule has 0 bridgehead atoms. The summed E-state index contributed by atoms with van der Waals surface area (Å²) in [6, 6.07) is 11.5. The third-order valence-corrected chi connectivity index (χ3v) is 13.1. The number of hydrogen-bond donors (Lipinski definition) is 4. The molecule has 0 spiro atoms. The fourth-order valence-corrected chi connectivity index (χ4v) is 9.27. The van der Waals surface area contributed by atoms with Crippen molar-refractivity contribution in [2.24, 2.45) is 0 Å². The van der Waals surface area contributed by atoms with E-state index in [2.05, 4.69) is 57.4 Å². The Morgan fingerprint density at radius 2 is 1.20 bits per heavy atom. The molecule has 0 aromatic carbocycles. The topological polar surface area (TPSA) is 144 Å². The molecule has 13 nitrogen and oxygen atoms in total. The Morgan fingerprint density at radius 1 is 0.709 bits per heavy atom. The summed E-state index contributed by atoms with van der Waals surface area (Å²) in [6.07, 6.45) is 5.59.